The highest BCUT2D eigenvalue weighted by atomic mass is 35.5. The van der Waals surface area contributed by atoms with Crippen LogP contribution in [0, 0.1) is 0 Å². The average molecular weight is 317 g/mol. The number of hydrogen-bond donors (Lipinski definition) is 2. The van der Waals surface area contributed by atoms with E-state index in [0.29, 0.717) is 28.9 Å². The summed E-state index contributed by atoms with van der Waals surface area (Å²) in [6.45, 7) is 3.77. The Labute approximate surface area is 126 Å². The van der Waals surface area contributed by atoms with Crippen LogP contribution >= 0.6 is 23.2 Å². The normalized spacial score (nSPS) is 9.70. The fourth-order valence-corrected chi connectivity index (χ4v) is 1.78. The molecule has 2 N–H and O–H groups in total. The van der Waals surface area contributed by atoms with Gasteiger partial charge in [-0.25, -0.2) is 0 Å². The molecule has 0 spiro atoms. The maximum atomic E-state index is 11.5. The van der Waals surface area contributed by atoms with Gasteiger partial charge in [0.1, 0.15) is 5.75 Å². The van der Waals surface area contributed by atoms with Crippen molar-refractivity contribution >= 4 is 35.0 Å². The molecule has 0 aliphatic heterocycles. The highest BCUT2D eigenvalue weighted by molar-refractivity contribution is 6.34. The van der Waals surface area contributed by atoms with Gasteiger partial charge < -0.3 is 15.4 Å². The van der Waals surface area contributed by atoms with Crippen LogP contribution in [0.4, 0.5) is 0 Å². The molecule has 5 nitrogen and oxygen atoms in total. The molecule has 0 bridgehead atoms. The molecule has 0 radical (unpaired) electrons. The molecular formula is C13H14Cl2N2O3. The van der Waals surface area contributed by atoms with Crippen LogP contribution < -0.4 is 15.4 Å². The Kier molecular flexibility index (Phi) is 6.90. The van der Waals surface area contributed by atoms with Crippen LogP contribution in [0.5, 0.6) is 5.75 Å². The predicted octanol–water partition coefficient (Wildman–Crippen LogP) is 1.79. The number of nitrogens with one attached hydrogen (secondary N) is 2. The third-order valence-electron chi connectivity index (χ3n) is 2.14. The van der Waals surface area contributed by atoms with Crippen molar-refractivity contribution < 1.29 is 14.3 Å². The molecular weight excluding hydrogens is 303 g/mol. The molecule has 0 saturated heterocycles. The first kappa shape index (κ1) is 16.3. The second-order valence-corrected chi connectivity index (χ2v) is 4.61. The fourth-order valence-electron chi connectivity index (χ4n) is 1.27. The van der Waals surface area contributed by atoms with Crippen LogP contribution in [0.1, 0.15) is 0 Å². The van der Waals surface area contributed by atoms with Gasteiger partial charge in [0.2, 0.25) is 5.91 Å². The maximum Gasteiger partial charge on any atom is 0.258 e. The molecule has 0 aliphatic carbocycles. The van der Waals surface area contributed by atoms with E-state index in [9.17, 15) is 9.59 Å². The van der Waals surface area contributed by atoms with Crippen molar-refractivity contribution in [2.45, 2.75) is 0 Å². The van der Waals surface area contributed by atoms with E-state index in [1.807, 2.05) is 0 Å². The minimum atomic E-state index is -0.311. The standard InChI is InChI=1S/C13H14Cl2N2O3/c1-2-12(18)16-3-4-17-13(19)8-20-11-6-9(14)5-10(15)7-11/h2,5-7H,1,3-4,8H2,(H,16,18)(H,17,19). The summed E-state index contributed by atoms with van der Waals surface area (Å²) in [4.78, 5) is 22.3. The monoisotopic (exact) mass is 316 g/mol. The first-order valence-electron chi connectivity index (χ1n) is 5.77. The maximum absolute atomic E-state index is 11.5. The smallest absolute Gasteiger partial charge is 0.258 e. The average Bonchev–Trinajstić information content (AvgIpc) is 2.40. The summed E-state index contributed by atoms with van der Waals surface area (Å²) in [5, 5.41) is 5.97. The zero-order chi connectivity index (χ0) is 15.0. The first-order chi connectivity index (χ1) is 9.51. The van der Waals surface area contributed by atoms with E-state index in [-0.39, 0.29) is 18.4 Å². The van der Waals surface area contributed by atoms with Crippen molar-refractivity contribution in [3.05, 3.63) is 40.9 Å². The van der Waals surface area contributed by atoms with Crippen molar-refractivity contribution in [1.29, 1.82) is 0 Å². The summed E-state index contributed by atoms with van der Waals surface area (Å²) in [5.74, 6) is -0.185. The second kappa shape index (κ2) is 8.45. The number of amides is 2. The van der Waals surface area contributed by atoms with Crippen molar-refractivity contribution in [2.24, 2.45) is 0 Å². The predicted molar refractivity (Wildman–Crippen MR) is 78.2 cm³/mol. The summed E-state index contributed by atoms with van der Waals surface area (Å²) in [5.41, 5.74) is 0. The van der Waals surface area contributed by atoms with Crippen molar-refractivity contribution in [2.75, 3.05) is 19.7 Å². The van der Waals surface area contributed by atoms with Gasteiger partial charge in [-0.2, -0.15) is 0 Å². The van der Waals surface area contributed by atoms with E-state index in [1.165, 1.54) is 0 Å². The molecule has 2 amide bonds. The summed E-state index contributed by atoms with van der Waals surface area (Å²) in [6, 6.07) is 4.69. The molecule has 1 rings (SSSR count). The van der Waals surface area contributed by atoms with E-state index >= 15 is 0 Å². The largest absolute Gasteiger partial charge is 0.484 e. The topological polar surface area (TPSA) is 67.4 Å². The Morgan fingerprint density at radius 2 is 1.75 bits per heavy atom. The van der Waals surface area contributed by atoms with Gasteiger partial charge in [-0.15, -0.1) is 0 Å². The Hall–Kier alpha value is -1.72. The van der Waals surface area contributed by atoms with Gasteiger partial charge in [0.25, 0.3) is 5.91 Å². The van der Waals surface area contributed by atoms with Gasteiger partial charge in [0.15, 0.2) is 6.61 Å². The lowest BCUT2D eigenvalue weighted by Gasteiger charge is -2.08. The number of ether oxygens (including phenoxy) is 1. The summed E-state index contributed by atoms with van der Waals surface area (Å²) in [6.07, 6.45) is 1.16. The number of carbonyl (C=O) groups is 2. The van der Waals surface area contributed by atoms with Crippen LogP contribution in [0.3, 0.4) is 0 Å². The van der Waals surface area contributed by atoms with Gasteiger partial charge in [-0.1, -0.05) is 29.8 Å². The third kappa shape index (κ3) is 6.45. The fraction of sp³-hybridized carbons (Fsp3) is 0.231. The Balaban J connectivity index is 2.26. The van der Waals surface area contributed by atoms with Crippen molar-refractivity contribution in [3.8, 4) is 5.75 Å². The minimum absolute atomic E-state index is 0.161. The quantitative estimate of drug-likeness (QED) is 0.595. The zero-order valence-electron chi connectivity index (χ0n) is 10.6. The molecule has 1 aromatic rings. The molecule has 108 valence electrons. The molecule has 0 atom stereocenters. The van der Waals surface area contributed by atoms with Gasteiger partial charge in [0.05, 0.1) is 0 Å². The number of hydrogen-bond acceptors (Lipinski definition) is 3. The van der Waals surface area contributed by atoms with Crippen LogP contribution in [-0.2, 0) is 9.59 Å². The number of halogens is 2. The van der Waals surface area contributed by atoms with E-state index in [2.05, 4.69) is 17.2 Å². The zero-order valence-corrected chi connectivity index (χ0v) is 12.1. The molecule has 1 aromatic carbocycles. The first-order valence-corrected chi connectivity index (χ1v) is 6.52. The third-order valence-corrected chi connectivity index (χ3v) is 2.57. The number of rotatable bonds is 7. The molecule has 0 fully saturated rings. The van der Waals surface area contributed by atoms with E-state index < -0.39 is 0 Å². The Morgan fingerprint density at radius 3 is 2.35 bits per heavy atom. The molecule has 0 saturated carbocycles. The van der Waals surface area contributed by atoms with Crippen LogP contribution in [0.2, 0.25) is 10.0 Å². The molecule has 0 heterocycles. The second-order valence-electron chi connectivity index (χ2n) is 3.74. The number of carbonyl (C=O) groups excluding carboxylic acids is 2. The van der Waals surface area contributed by atoms with Crippen LogP contribution in [0.15, 0.2) is 30.9 Å². The molecule has 0 aromatic heterocycles. The van der Waals surface area contributed by atoms with E-state index in [1.54, 1.807) is 18.2 Å². The van der Waals surface area contributed by atoms with Gasteiger partial charge in [-0.05, 0) is 24.3 Å². The highest BCUT2D eigenvalue weighted by Gasteiger charge is 2.04. The van der Waals surface area contributed by atoms with Crippen LogP contribution in [0.25, 0.3) is 0 Å². The van der Waals surface area contributed by atoms with E-state index in [0.717, 1.165) is 6.08 Å². The summed E-state index contributed by atoms with van der Waals surface area (Å²) in [7, 11) is 0. The Morgan fingerprint density at radius 1 is 1.15 bits per heavy atom. The molecule has 7 heteroatoms. The van der Waals surface area contributed by atoms with Crippen molar-refractivity contribution in [1.82, 2.24) is 10.6 Å². The molecule has 0 unspecified atom stereocenters. The SMILES string of the molecule is C=CC(=O)NCCNC(=O)COc1cc(Cl)cc(Cl)c1. The summed E-state index contributed by atoms with van der Waals surface area (Å²) < 4.78 is 5.24. The summed E-state index contributed by atoms with van der Waals surface area (Å²) >= 11 is 11.6. The number of benzene rings is 1. The molecule has 20 heavy (non-hydrogen) atoms. The van der Waals surface area contributed by atoms with Gasteiger partial charge >= 0.3 is 0 Å². The molecule has 0 aliphatic rings. The van der Waals surface area contributed by atoms with Crippen LogP contribution in [-0.4, -0.2) is 31.5 Å². The lowest BCUT2D eigenvalue weighted by molar-refractivity contribution is -0.123. The minimum Gasteiger partial charge on any atom is -0.484 e. The van der Waals surface area contributed by atoms with Gasteiger partial charge in [0, 0.05) is 23.1 Å². The van der Waals surface area contributed by atoms with E-state index in [4.69, 9.17) is 27.9 Å². The van der Waals surface area contributed by atoms with Gasteiger partial charge in [-0.3, -0.25) is 9.59 Å². The lowest BCUT2D eigenvalue weighted by Crippen LogP contribution is -2.36. The Bertz CT molecular complexity index is 486. The lowest BCUT2D eigenvalue weighted by atomic mass is 10.3. The highest BCUT2D eigenvalue weighted by Crippen LogP contribution is 2.23. The van der Waals surface area contributed by atoms with Crippen molar-refractivity contribution in [3.63, 3.8) is 0 Å².